The van der Waals surface area contributed by atoms with Gasteiger partial charge in [0.05, 0.1) is 17.2 Å². The van der Waals surface area contributed by atoms with Crippen molar-refractivity contribution in [2.75, 3.05) is 0 Å². The molecule has 2 aromatic heterocycles. The van der Waals surface area contributed by atoms with Gasteiger partial charge in [0, 0.05) is 18.7 Å². The summed E-state index contributed by atoms with van der Waals surface area (Å²) in [5, 5.41) is 7.19. The minimum absolute atomic E-state index is 0.111. The molecule has 0 saturated carbocycles. The zero-order valence-electron chi connectivity index (χ0n) is 15.3. The predicted molar refractivity (Wildman–Crippen MR) is 105 cm³/mol. The first-order chi connectivity index (χ1) is 13.1. The first-order valence-electron chi connectivity index (χ1n) is 8.92. The summed E-state index contributed by atoms with van der Waals surface area (Å²) in [5.41, 5.74) is 4.63. The number of amides is 1. The summed E-state index contributed by atoms with van der Waals surface area (Å²) in [6.45, 7) is 4.91. The van der Waals surface area contributed by atoms with Gasteiger partial charge in [-0.3, -0.25) is 9.59 Å². The highest BCUT2D eigenvalue weighted by molar-refractivity contribution is 5.97. The maximum atomic E-state index is 12.7. The number of hydrogen-bond acceptors (Lipinski definition) is 3. The molecular formula is C21H20N4O2. The van der Waals surface area contributed by atoms with Gasteiger partial charge in [0.2, 0.25) is 0 Å². The number of rotatable bonds is 4. The fourth-order valence-electron chi connectivity index (χ4n) is 3.39. The quantitative estimate of drug-likeness (QED) is 0.608. The van der Waals surface area contributed by atoms with Gasteiger partial charge in [-0.15, -0.1) is 0 Å². The second kappa shape index (κ2) is 6.72. The number of nitrogens with zero attached hydrogens (tertiary/aromatic N) is 3. The first kappa shape index (κ1) is 17.0. The number of hydrogen-bond donors (Lipinski definition) is 1. The van der Waals surface area contributed by atoms with Crippen LogP contribution in [0.1, 0.15) is 28.4 Å². The molecule has 2 aromatic carbocycles. The van der Waals surface area contributed by atoms with E-state index in [2.05, 4.69) is 10.4 Å². The summed E-state index contributed by atoms with van der Waals surface area (Å²) < 4.78 is 3.29. The van der Waals surface area contributed by atoms with Gasteiger partial charge in [0.15, 0.2) is 0 Å². The van der Waals surface area contributed by atoms with Crippen LogP contribution in [0.15, 0.2) is 59.5 Å². The van der Waals surface area contributed by atoms with E-state index in [1.54, 1.807) is 33.5 Å². The normalized spacial score (nSPS) is 11.2. The monoisotopic (exact) mass is 360 g/mol. The molecule has 0 unspecified atom stereocenters. The Bertz CT molecular complexity index is 1220. The van der Waals surface area contributed by atoms with E-state index >= 15 is 0 Å². The largest absolute Gasteiger partial charge is 0.348 e. The number of fused-ring (bicyclic) bond motifs is 3. The van der Waals surface area contributed by atoms with Crippen LogP contribution in [0, 0.1) is 6.92 Å². The maximum Gasteiger partial charge on any atom is 0.277 e. The molecule has 0 spiro atoms. The average molecular weight is 360 g/mol. The van der Waals surface area contributed by atoms with Crippen molar-refractivity contribution in [3.8, 4) is 0 Å². The van der Waals surface area contributed by atoms with Crippen LogP contribution in [0.5, 0.6) is 0 Å². The Labute approximate surface area is 156 Å². The highest BCUT2D eigenvalue weighted by atomic mass is 16.1. The van der Waals surface area contributed by atoms with Crippen LogP contribution >= 0.6 is 0 Å². The van der Waals surface area contributed by atoms with Crippen LogP contribution in [0.25, 0.3) is 16.6 Å². The Balaban J connectivity index is 1.71. The molecule has 0 aliphatic heterocycles. The minimum atomic E-state index is -0.172. The summed E-state index contributed by atoms with van der Waals surface area (Å²) in [4.78, 5) is 25.3. The maximum absolute atomic E-state index is 12.7. The van der Waals surface area contributed by atoms with Crippen LogP contribution in [0.2, 0.25) is 0 Å². The summed E-state index contributed by atoms with van der Waals surface area (Å²) in [6.07, 6.45) is 1.61. The third-order valence-corrected chi connectivity index (χ3v) is 4.72. The van der Waals surface area contributed by atoms with E-state index in [0.29, 0.717) is 29.7 Å². The number of carbonyl (C=O) groups is 1. The van der Waals surface area contributed by atoms with Gasteiger partial charge in [-0.25, -0.2) is 4.52 Å². The zero-order valence-corrected chi connectivity index (χ0v) is 15.3. The van der Waals surface area contributed by atoms with Crippen LogP contribution in [-0.2, 0) is 13.1 Å². The Hall–Kier alpha value is -3.41. The second-order valence-corrected chi connectivity index (χ2v) is 6.55. The van der Waals surface area contributed by atoms with Crippen molar-refractivity contribution in [1.82, 2.24) is 19.5 Å². The topological polar surface area (TPSA) is 68.4 Å². The van der Waals surface area contributed by atoms with E-state index in [-0.39, 0.29) is 11.5 Å². The van der Waals surface area contributed by atoms with Crippen molar-refractivity contribution >= 4 is 22.5 Å². The molecule has 0 atom stereocenters. The Morgan fingerprint density at radius 1 is 1.07 bits per heavy atom. The predicted octanol–water partition coefficient (Wildman–Crippen LogP) is 2.91. The molecule has 0 saturated heterocycles. The Kier molecular flexibility index (Phi) is 4.24. The van der Waals surface area contributed by atoms with Crippen molar-refractivity contribution < 1.29 is 4.79 Å². The van der Waals surface area contributed by atoms with Crippen molar-refractivity contribution in [1.29, 1.82) is 0 Å². The molecular weight excluding hydrogens is 340 g/mol. The van der Waals surface area contributed by atoms with E-state index < -0.39 is 0 Å². The van der Waals surface area contributed by atoms with E-state index in [1.165, 1.54) is 0 Å². The molecule has 4 rings (SSSR count). The molecule has 2 heterocycles. The molecule has 1 amide bonds. The average Bonchev–Trinajstić information content (AvgIpc) is 3.16. The van der Waals surface area contributed by atoms with Gasteiger partial charge in [0.1, 0.15) is 5.52 Å². The number of aromatic nitrogens is 3. The third kappa shape index (κ3) is 2.99. The third-order valence-electron chi connectivity index (χ3n) is 4.72. The summed E-state index contributed by atoms with van der Waals surface area (Å²) in [7, 11) is 0. The lowest BCUT2D eigenvalue weighted by molar-refractivity contribution is 0.0951. The van der Waals surface area contributed by atoms with Crippen molar-refractivity contribution in [3.05, 3.63) is 81.8 Å². The minimum Gasteiger partial charge on any atom is -0.348 e. The fraction of sp³-hybridized carbons (Fsp3) is 0.190. The molecule has 6 heteroatoms. The molecule has 136 valence electrons. The highest BCUT2D eigenvalue weighted by Crippen LogP contribution is 2.16. The SMILES string of the molecule is CCn1c(=O)c2ccnn2c2ccc(C(=O)NCc3cccc(C)c3)cc21. The van der Waals surface area contributed by atoms with Crippen LogP contribution < -0.4 is 10.9 Å². The van der Waals surface area contributed by atoms with E-state index in [4.69, 9.17) is 0 Å². The fourth-order valence-corrected chi connectivity index (χ4v) is 3.39. The Morgan fingerprint density at radius 2 is 1.93 bits per heavy atom. The lowest BCUT2D eigenvalue weighted by atomic mass is 10.1. The molecule has 0 aliphatic rings. The van der Waals surface area contributed by atoms with Gasteiger partial charge < -0.3 is 9.88 Å². The first-order valence-corrected chi connectivity index (χ1v) is 8.92. The standard InChI is InChI=1S/C21H20N4O2/c1-3-24-19-12-16(20(26)22-13-15-6-4-5-14(2)11-15)7-8-17(19)25-18(21(24)27)9-10-23-25/h4-12H,3,13H2,1-2H3,(H,22,26). The number of aryl methyl sites for hydroxylation is 2. The molecule has 27 heavy (non-hydrogen) atoms. The molecule has 6 nitrogen and oxygen atoms in total. The van der Waals surface area contributed by atoms with Crippen LogP contribution in [0.4, 0.5) is 0 Å². The second-order valence-electron chi connectivity index (χ2n) is 6.55. The molecule has 0 fully saturated rings. The molecule has 0 aliphatic carbocycles. The van der Waals surface area contributed by atoms with E-state index in [0.717, 1.165) is 16.6 Å². The van der Waals surface area contributed by atoms with Crippen LogP contribution in [0.3, 0.4) is 0 Å². The van der Waals surface area contributed by atoms with E-state index in [9.17, 15) is 9.59 Å². The molecule has 4 aromatic rings. The van der Waals surface area contributed by atoms with Gasteiger partial charge in [-0.1, -0.05) is 29.8 Å². The number of benzene rings is 2. The summed E-state index contributed by atoms with van der Waals surface area (Å²) in [5.74, 6) is -0.172. The van der Waals surface area contributed by atoms with Gasteiger partial charge in [-0.05, 0) is 43.7 Å². The van der Waals surface area contributed by atoms with Crippen molar-refractivity contribution in [2.24, 2.45) is 0 Å². The molecule has 0 bridgehead atoms. The highest BCUT2D eigenvalue weighted by Gasteiger charge is 2.13. The lowest BCUT2D eigenvalue weighted by Gasteiger charge is -2.12. The molecule has 0 radical (unpaired) electrons. The van der Waals surface area contributed by atoms with Crippen molar-refractivity contribution in [2.45, 2.75) is 26.9 Å². The van der Waals surface area contributed by atoms with E-state index in [1.807, 2.05) is 44.2 Å². The van der Waals surface area contributed by atoms with Gasteiger partial charge in [-0.2, -0.15) is 5.10 Å². The summed E-state index contributed by atoms with van der Waals surface area (Å²) in [6, 6.07) is 15.1. The summed E-state index contributed by atoms with van der Waals surface area (Å²) >= 11 is 0. The van der Waals surface area contributed by atoms with Gasteiger partial charge in [0.25, 0.3) is 11.5 Å². The smallest absolute Gasteiger partial charge is 0.277 e. The zero-order chi connectivity index (χ0) is 19.0. The number of carbonyl (C=O) groups excluding carboxylic acids is 1. The lowest BCUT2D eigenvalue weighted by Crippen LogP contribution is -2.25. The van der Waals surface area contributed by atoms with Crippen LogP contribution in [-0.4, -0.2) is 20.1 Å². The Morgan fingerprint density at radius 3 is 2.70 bits per heavy atom. The number of nitrogens with one attached hydrogen (secondary N) is 1. The molecule has 1 N–H and O–H groups in total. The van der Waals surface area contributed by atoms with Gasteiger partial charge >= 0.3 is 0 Å². The van der Waals surface area contributed by atoms with Crippen molar-refractivity contribution in [3.63, 3.8) is 0 Å².